The van der Waals surface area contributed by atoms with Crippen LogP contribution in [0.5, 0.6) is 0 Å². The van der Waals surface area contributed by atoms with E-state index >= 15 is 0 Å². The average molecular weight is 318 g/mol. The van der Waals surface area contributed by atoms with Crippen molar-refractivity contribution in [1.29, 1.82) is 0 Å². The van der Waals surface area contributed by atoms with Crippen LogP contribution in [-0.4, -0.2) is 9.97 Å². The predicted molar refractivity (Wildman–Crippen MR) is 101 cm³/mol. The molecule has 0 fully saturated rings. The first-order chi connectivity index (χ1) is 11.3. The molecule has 2 nitrogen and oxygen atoms in total. The molecule has 0 aromatic carbocycles. The van der Waals surface area contributed by atoms with E-state index in [4.69, 9.17) is 9.97 Å². The maximum atomic E-state index is 4.86. The highest BCUT2D eigenvalue weighted by molar-refractivity contribution is 5.28. The molecule has 1 rings (SSSR count). The second-order valence-corrected chi connectivity index (χ2v) is 6.61. The quantitative estimate of drug-likeness (QED) is 0.402. The summed E-state index contributed by atoms with van der Waals surface area (Å²) in [5.74, 6) is 0.933. The summed E-state index contributed by atoms with van der Waals surface area (Å²) in [4.78, 5) is 9.73. The number of rotatable bonds is 13. The smallest absolute Gasteiger partial charge is 0.132 e. The van der Waals surface area contributed by atoms with E-state index in [1.807, 2.05) is 0 Å². The Kier molecular flexibility index (Phi) is 10.9. The van der Waals surface area contributed by atoms with Crippen molar-refractivity contribution in [2.24, 2.45) is 0 Å². The molecule has 1 aromatic rings. The fourth-order valence-corrected chi connectivity index (χ4v) is 3.07. The summed E-state index contributed by atoms with van der Waals surface area (Å²) in [5, 5.41) is 0. The van der Waals surface area contributed by atoms with Crippen molar-refractivity contribution < 1.29 is 0 Å². The molecule has 2 heteroatoms. The molecule has 0 aliphatic carbocycles. The first-order valence-electron chi connectivity index (χ1n) is 9.94. The third kappa shape index (κ3) is 7.46. The van der Waals surface area contributed by atoms with Gasteiger partial charge in [-0.25, -0.2) is 9.97 Å². The summed E-state index contributed by atoms with van der Waals surface area (Å²) < 4.78 is 0. The summed E-state index contributed by atoms with van der Waals surface area (Å²) in [6.45, 7) is 8.86. The number of aromatic nitrogens is 2. The molecule has 0 bridgehead atoms. The number of hydrogen-bond donors (Lipinski definition) is 0. The molecule has 0 N–H and O–H groups in total. The van der Waals surface area contributed by atoms with Crippen molar-refractivity contribution >= 4 is 0 Å². The molecule has 0 atom stereocenters. The van der Waals surface area contributed by atoms with Gasteiger partial charge >= 0.3 is 0 Å². The second kappa shape index (κ2) is 12.5. The lowest BCUT2D eigenvalue weighted by Crippen LogP contribution is -2.10. The lowest BCUT2D eigenvalue weighted by Gasteiger charge is -2.15. The van der Waals surface area contributed by atoms with Gasteiger partial charge in [-0.2, -0.15) is 0 Å². The van der Waals surface area contributed by atoms with E-state index in [9.17, 15) is 0 Å². The Morgan fingerprint density at radius 1 is 0.652 bits per heavy atom. The predicted octanol–water partition coefficient (Wildman–Crippen LogP) is 6.25. The highest BCUT2D eigenvalue weighted by Gasteiger charge is 2.13. The molecular weight excluding hydrogens is 280 g/mol. The second-order valence-electron chi connectivity index (χ2n) is 6.61. The normalized spacial score (nSPS) is 11.1. The molecule has 1 heterocycles. The number of aryl methyl sites for hydroxylation is 2. The van der Waals surface area contributed by atoms with E-state index in [0.29, 0.717) is 0 Å². The van der Waals surface area contributed by atoms with E-state index in [-0.39, 0.29) is 0 Å². The number of unbranched alkanes of at least 4 members (excludes halogenated alkanes) is 6. The number of hydrogen-bond acceptors (Lipinski definition) is 2. The molecular formula is C21H37N2. The molecule has 1 radical (unpaired) electrons. The van der Waals surface area contributed by atoms with E-state index in [0.717, 1.165) is 18.7 Å². The van der Waals surface area contributed by atoms with Gasteiger partial charge in [0.25, 0.3) is 0 Å². The molecule has 0 unspecified atom stereocenters. The summed E-state index contributed by atoms with van der Waals surface area (Å²) in [7, 11) is 0. The fourth-order valence-electron chi connectivity index (χ4n) is 3.07. The minimum Gasteiger partial charge on any atom is -0.237 e. The topological polar surface area (TPSA) is 25.8 Å². The highest BCUT2D eigenvalue weighted by atomic mass is 14.9. The third-order valence-electron chi connectivity index (χ3n) is 4.52. The molecule has 0 saturated heterocycles. The minimum absolute atomic E-state index is 0.933. The monoisotopic (exact) mass is 317 g/mol. The summed E-state index contributed by atoms with van der Waals surface area (Å²) in [5.41, 5.74) is 4.16. The zero-order chi connectivity index (χ0) is 16.9. The van der Waals surface area contributed by atoms with Crippen molar-refractivity contribution in [1.82, 2.24) is 9.97 Å². The van der Waals surface area contributed by atoms with Crippen LogP contribution in [0.3, 0.4) is 0 Å². The zero-order valence-electron chi connectivity index (χ0n) is 16.0. The van der Waals surface area contributed by atoms with Gasteiger partial charge in [0.05, 0.1) is 0 Å². The SMILES string of the molecule is C[CH]c1nc(CCCCC)c(CCCCC)c(CCCCC)n1. The van der Waals surface area contributed by atoms with Crippen LogP contribution in [0.4, 0.5) is 0 Å². The van der Waals surface area contributed by atoms with Gasteiger partial charge in [-0.15, -0.1) is 0 Å². The largest absolute Gasteiger partial charge is 0.237 e. The Bertz CT molecular complexity index is 395. The molecule has 131 valence electrons. The van der Waals surface area contributed by atoms with Crippen LogP contribution in [0.1, 0.15) is 108 Å². The maximum absolute atomic E-state index is 4.86. The Hall–Kier alpha value is -0.920. The van der Waals surface area contributed by atoms with Crippen molar-refractivity contribution in [3.63, 3.8) is 0 Å². The molecule has 0 amide bonds. The van der Waals surface area contributed by atoms with Gasteiger partial charge in [0.15, 0.2) is 0 Å². The first-order valence-corrected chi connectivity index (χ1v) is 9.94. The van der Waals surface area contributed by atoms with E-state index in [1.165, 1.54) is 81.2 Å². The van der Waals surface area contributed by atoms with Crippen LogP contribution in [0, 0.1) is 6.42 Å². The summed E-state index contributed by atoms with van der Waals surface area (Å²) in [6, 6.07) is 0. The van der Waals surface area contributed by atoms with Crippen LogP contribution in [0.2, 0.25) is 0 Å². The van der Waals surface area contributed by atoms with Gasteiger partial charge in [-0.1, -0.05) is 66.2 Å². The molecule has 0 spiro atoms. The first kappa shape index (κ1) is 20.1. The van der Waals surface area contributed by atoms with Crippen LogP contribution in [0.15, 0.2) is 0 Å². The lowest BCUT2D eigenvalue weighted by atomic mass is 9.97. The van der Waals surface area contributed by atoms with Crippen LogP contribution in [-0.2, 0) is 19.3 Å². The van der Waals surface area contributed by atoms with E-state index in [1.54, 1.807) is 0 Å². The van der Waals surface area contributed by atoms with Gasteiger partial charge in [-0.3, -0.25) is 0 Å². The van der Waals surface area contributed by atoms with Gasteiger partial charge in [-0.05, 0) is 44.1 Å². The van der Waals surface area contributed by atoms with E-state index < -0.39 is 0 Å². The zero-order valence-corrected chi connectivity index (χ0v) is 16.0. The standard InChI is InChI=1S/C21H37N2/c1-5-9-12-15-18-19(16-13-10-6-2)22-21(8-4)23-20(18)17-14-11-7-3/h8H,5-7,9-17H2,1-4H3. The van der Waals surface area contributed by atoms with Gasteiger partial charge in [0.2, 0.25) is 0 Å². The van der Waals surface area contributed by atoms with Gasteiger partial charge in [0, 0.05) is 17.8 Å². The Labute approximate surface area is 144 Å². The van der Waals surface area contributed by atoms with Crippen molar-refractivity contribution in [3.8, 4) is 0 Å². The lowest BCUT2D eigenvalue weighted by molar-refractivity contribution is 0.654. The minimum atomic E-state index is 0.933. The van der Waals surface area contributed by atoms with Crippen LogP contribution in [0.25, 0.3) is 0 Å². The highest BCUT2D eigenvalue weighted by Crippen LogP contribution is 2.20. The molecule has 1 aromatic heterocycles. The van der Waals surface area contributed by atoms with Crippen molar-refractivity contribution in [2.45, 2.75) is 105 Å². The maximum Gasteiger partial charge on any atom is 0.132 e. The average Bonchev–Trinajstić information content (AvgIpc) is 2.57. The molecule has 0 aliphatic heterocycles. The number of nitrogens with zero attached hydrogens (tertiary/aromatic N) is 2. The van der Waals surface area contributed by atoms with Crippen molar-refractivity contribution in [2.75, 3.05) is 0 Å². The van der Waals surface area contributed by atoms with E-state index in [2.05, 4.69) is 34.1 Å². The van der Waals surface area contributed by atoms with Gasteiger partial charge in [0.1, 0.15) is 5.82 Å². The van der Waals surface area contributed by atoms with Crippen molar-refractivity contribution in [3.05, 3.63) is 29.2 Å². The Morgan fingerprint density at radius 2 is 1.09 bits per heavy atom. The summed E-state index contributed by atoms with van der Waals surface area (Å²) in [6.07, 6.45) is 17.0. The molecule has 0 saturated carbocycles. The Morgan fingerprint density at radius 3 is 1.48 bits per heavy atom. The van der Waals surface area contributed by atoms with Gasteiger partial charge < -0.3 is 0 Å². The third-order valence-corrected chi connectivity index (χ3v) is 4.52. The molecule has 23 heavy (non-hydrogen) atoms. The van der Waals surface area contributed by atoms with Crippen LogP contribution >= 0.6 is 0 Å². The summed E-state index contributed by atoms with van der Waals surface area (Å²) >= 11 is 0. The fraction of sp³-hybridized carbons (Fsp3) is 0.762. The van der Waals surface area contributed by atoms with Crippen LogP contribution < -0.4 is 0 Å². The Balaban J connectivity index is 2.97. The molecule has 0 aliphatic rings.